The Labute approximate surface area is 495 Å². The van der Waals surface area contributed by atoms with Gasteiger partial charge in [-0.15, -0.1) is 0 Å². The maximum Gasteiger partial charge on any atom is 0.268 e. The number of hydrogen-bond donors (Lipinski definition) is 2. The number of amides is 1. The van der Waals surface area contributed by atoms with E-state index in [2.05, 4.69) is 129 Å². The maximum atomic E-state index is 13.0. The summed E-state index contributed by atoms with van der Waals surface area (Å²) in [4.78, 5) is 25.6. The van der Waals surface area contributed by atoms with Crippen molar-refractivity contribution in [1.82, 2.24) is 5.32 Å². The van der Waals surface area contributed by atoms with Crippen molar-refractivity contribution in [3.63, 3.8) is 0 Å². The van der Waals surface area contributed by atoms with Gasteiger partial charge in [-0.2, -0.15) is 0 Å². The first kappa shape index (κ1) is 77.2. The average Bonchev–Trinajstić information content (AvgIpc) is 3.42. The summed E-state index contributed by atoms with van der Waals surface area (Å²) in [6.45, 7) is 4.58. The van der Waals surface area contributed by atoms with E-state index in [4.69, 9.17) is 9.05 Å². The zero-order valence-corrected chi connectivity index (χ0v) is 53.6. The van der Waals surface area contributed by atoms with E-state index in [-0.39, 0.29) is 25.5 Å². The predicted octanol–water partition coefficient (Wildman–Crippen LogP) is 20.5. The van der Waals surface area contributed by atoms with Crippen molar-refractivity contribution in [2.45, 2.75) is 296 Å². The number of phosphoric acid groups is 1. The number of phosphoric ester groups is 1. The molecular formula is C71H127N2O6P. The second-order valence-corrected chi connectivity index (χ2v) is 24.9. The van der Waals surface area contributed by atoms with Crippen LogP contribution in [0.4, 0.5) is 0 Å². The number of aliphatic hydroxyl groups excluding tert-OH is 1. The molecule has 8 nitrogen and oxygen atoms in total. The first-order valence-corrected chi connectivity index (χ1v) is 34.7. The van der Waals surface area contributed by atoms with Crippen molar-refractivity contribution in [2.24, 2.45) is 0 Å². The number of carbonyl (C=O) groups is 1. The van der Waals surface area contributed by atoms with Crippen molar-refractivity contribution < 1.29 is 32.9 Å². The van der Waals surface area contributed by atoms with Gasteiger partial charge >= 0.3 is 0 Å². The van der Waals surface area contributed by atoms with Gasteiger partial charge in [0.05, 0.1) is 39.9 Å². The van der Waals surface area contributed by atoms with E-state index in [1.165, 1.54) is 167 Å². The van der Waals surface area contributed by atoms with Gasteiger partial charge in [-0.05, 0) is 77.0 Å². The molecular weight excluding hydrogens is 1010 g/mol. The number of rotatable bonds is 60. The molecule has 1 amide bonds. The fourth-order valence-electron chi connectivity index (χ4n) is 9.40. The first-order valence-electron chi connectivity index (χ1n) is 33.2. The summed E-state index contributed by atoms with van der Waals surface area (Å²) >= 11 is 0. The molecule has 0 fully saturated rings. The minimum Gasteiger partial charge on any atom is -0.756 e. The molecule has 0 saturated carbocycles. The minimum absolute atomic E-state index is 0.00437. The molecule has 0 aliphatic rings. The van der Waals surface area contributed by atoms with E-state index in [9.17, 15) is 19.4 Å². The molecule has 0 aliphatic carbocycles. The number of nitrogens with zero attached hydrogens (tertiary/aromatic N) is 1. The number of aliphatic hydroxyl groups is 1. The third-order valence-electron chi connectivity index (χ3n) is 14.5. The summed E-state index contributed by atoms with van der Waals surface area (Å²) < 4.78 is 23.5. The Morgan fingerprint density at radius 1 is 0.450 bits per heavy atom. The monoisotopic (exact) mass is 1130 g/mol. The molecule has 0 radical (unpaired) electrons. The van der Waals surface area contributed by atoms with Gasteiger partial charge in [0.15, 0.2) is 0 Å². The van der Waals surface area contributed by atoms with Crippen LogP contribution in [-0.2, 0) is 18.4 Å². The lowest BCUT2D eigenvalue weighted by Crippen LogP contribution is -2.46. The Morgan fingerprint density at radius 3 is 1.06 bits per heavy atom. The van der Waals surface area contributed by atoms with Gasteiger partial charge in [0.2, 0.25) is 5.91 Å². The third kappa shape index (κ3) is 62.8. The molecule has 3 atom stereocenters. The number of carbonyl (C=O) groups excluding carboxylic acids is 1. The summed E-state index contributed by atoms with van der Waals surface area (Å²) in [5.74, 6) is -0.223. The SMILES string of the molecule is CC/C=C\C/C=C\C/C=C\C/C=C\C/C=C\C/C=C\C/C=C\C/C=C\C/C=C\CCCC(=O)NC(COP(=O)([O-])OCC[N+](C)(C)C)C(O)CCCCCCCCCCCCCCCCCCCCCCCCCCCCCCC. The van der Waals surface area contributed by atoms with Crippen LogP contribution in [0.25, 0.3) is 0 Å². The standard InChI is InChI=1S/C71H127N2O6P/c1-6-8-10-12-14-16-18-20-22-24-26-28-30-32-34-36-38-40-42-44-46-48-50-52-54-56-58-60-62-64-70(74)69(68-79-80(76,77)78-67-66-73(3,4)5)72-71(75)65-63-61-59-57-55-53-51-49-47-45-43-41-39-37-35-33-31-29-27-25-23-21-19-17-15-13-11-9-7-2/h9,11,15,17,21,23,27,29,33,35,39,41,45,47,51,53,57,59,69-70,74H,6-8,10,12-14,16,18-20,22,24-26,28,30-32,34,36-38,40,42-44,46,48-50,52,54-56,58,60-68H2,1-5H3,(H-,72,75,76,77)/b11-9-,17-15-,23-21-,29-27-,35-33-,41-39-,47-45-,53-51-,59-57-. The summed E-state index contributed by atoms with van der Waals surface area (Å²) in [5.41, 5.74) is 0. The van der Waals surface area contributed by atoms with E-state index < -0.39 is 20.0 Å². The molecule has 0 aromatic carbocycles. The molecule has 0 aromatic rings. The molecule has 3 unspecified atom stereocenters. The first-order chi connectivity index (χ1) is 39.0. The highest BCUT2D eigenvalue weighted by Gasteiger charge is 2.24. The highest BCUT2D eigenvalue weighted by Crippen LogP contribution is 2.38. The normalized spacial score (nSPS) is 14.4. The Morgan fingerprint density at radius 2 is 0.750 bits per heavy atom. The van der Waals surface area contributed by atoms with Crippen LogP contribution in [0.5, 0.6) is 0 Å². The largest absolute Gasteiger partial charge is 0.756 e. The molecule has 80 heavy (non-hydrogen) atoms. The van der Waals surface area contributed by atoms with Gasteiger partial charge in [0, 0.05) is 6.42 Å². The lowest BCUT2D eigenvalue weighted by molar-refractivity contribution is -0.870. The lowest BCUT2D eigenvalue weighted by Gasteiger charge is -2.30. The fraction of sp³-hybridized carbons (Fsp3) is 0.732. The third-order valence-corrected chi connectivity index (χ3v) is 15.5. The molecule has 2 N–H and O–H groups in total. The molecule has 0 saturated heterocycles. The predicted molar refractivity (Wildman–Crippen MR) is 348 cm³/mol. The van der Waals surface area contributed by atoms with Crippen LogP contribution in [0.15, 0.2) is 109 Å². The number of hydrogen-bond acceptors (Lipinski definition) is 6. The van der Waals surface area contributed by atoms with Crippen molar-refractivity contribution in [3.05, 3.63) is 109 Å². The quantitative estimate of drug-likeness (QED) is 0.0272. The summed E-state index contributed by atoms with van der Waals surface area (Å²) in [7, 11) is 1.26. The van der Waals surface area contributed by atoms with Crippen LogP contribution in [0.3, 0.4) is 0 Å². The topological polar surface area (TPSA) is 108 Å². The molecule has 462 valence electrons. The molecule has 9 heteroatoms. The van der Waals surface area contributed by atoms with Crippen LogP contribution in [0.2, 0.25) is 0 Å². The molecule has 0 spiro atoms. The molecule has 0 rings (SSSR count). The van der Waals surface area contributed by atoms with Gasteiger partial charge in [-0.1, -0.05) is 309 Å². The van der Waals surface area contributed by atoms with E-state index in [1.54, 1.807) is 0 Å². The maximum absolute atomic E-state index is 13.0. The number of likely N-dealkylation sites (N-methyl/N-ethyl adjacent to an activating group) is 1. The van der Waals surface area contributed by atoms with Crippen LogP contribution in [0, 0.1) is 0 Å². The molecule has 0 heterocycles. The Hall–Kier alpha value is -2.84. The van der Waals surface area contributed by atoms with Crippen molar-refractivity contribution in [3.8, 4) is 0 Å². The Balaban J connectivity index is 4.21. The van der Waals surface area contributed by atoms with E-state index in [0.717, 1.165) is 83.5 Å². The number of unbranched alkanes of at least 4 members (excludes halogenated alkanes) is 29. The summed E-state index contributed by atoms with van der Waals surface area (Å²) in [5, 5.41) is 14.0. The number of quaternary nitrogens is 1. The zero-order valence-electron chi connectivity index (χ0n) is 52.7. The fourth-order valence-corrected chi connectivity index (χ4v) is 10.1. The second kappa shape index (κ2) is 60.7. The van der Waals surface area contributed by atoms with E-state index in [1.807, 2.05) is 21.1 Å². The van der Waals surface area contributed by atoms with E-state index >= 15 is 0 Å². The van der Waals surface area contributed by atoms with Crippen LogP contribution >= 0.6 is 7.82 Å². The summed E-state index contributed by atoms with van der Waals surface area (Å²) in [6, 6.07) is -0.842. The smallest absolute Gasteiger partial charge is 0.268 e. The van der Waals surface area contributed by atoms with Gasteiger partial charge in [0.25, 0.3) is 7.82 Å². The Bertz CT molecular complexity index is 1670. The van der Waals surface area contributed by atoms with Crippen LogP contribution in [0.1, 0.15) is 284 Å². The van der Waals surface area contributed by atoms with Crippen molar-refractivity contribution >= 4 is 13.7 Å². The zero-order chi connectivity index (χ0) is 58.4. The summed E-state index contributed by atoms with van der Waals surface area (Å²) in [6.07, 6.45) is 88.8. The van der Waals surface area contributed by atoms with Crippen LogP contribution < -0.4 is 10.2 Å². The minimum atomic E-state index is -4.60. The van der Waals surface area contributed by atoms with Gasteiger partial charge in [-0.25, -0.2) is 0 Å². The highest BCUT2D eigenvalue weighted by atomic mass is 31.2. The Kier molecular flexibility index (Phi) is 58.6. The number of nitrogens with one attached hydrogen (secondary N) is 1. The molecule has 0 aliphatic heterocycles. The van der Waals surface area contributed by atoms with E-state index in [0.29, 0.717) is 23.9 Å². The van der Waals surface area contributed by atoms with Crippen molar-refractivity contribution in [1.29, 1.82) is 0 Å². The van der Waals surface area contributed by atoms with Gasteiger partial charge < -0.3 is 28.8 Å². The second-order valence-electron chi connectivity index (χ2n) is 23.4. The number of allylic oxidation sites excluding steroid dienone is 18. The average molecular weight is 1140 g/mol. The van der Waals surface area contributed by atoms with Crippen molar-refractivity contribution in [2.75, 3.05) is 40.9 Å². The molecule has 0 bridgehead atoms. The van der Waals surface area contributed by atoms with Gasteiger partial charge in [-0.3, -0.25) is 9.36 Å². The lowest BCUT2D eigenvalue weighted by atomic mass is 10.0. The van der Waals surface area contributed by atoms with Gasteiger partial charge in [0.1, 0.15) is 13.2 Å². The highest BCUT2D eigenvalue weighted by molar-refractivity contribution is 7.45. The molecule has 0 aromatic heterocycles. The van der Waals surface area contributed by atoms with Crippen LogP contribution in [-0.4, -0.2) is 68.5 Å².